The van der Waals surface area contributed by atoms with Crippen LogP contribution in [0.5, 0.6) is 5.75 Å². The number of ether oxygens (including phenoxy) is 1. The Morgan fingerprint density at radius 2 is 2.11 bits per heavy atom. The molecule has 0 saturated heterocycles. The minimum Gasteiger partial charge on any atom is -0.496 e. The summed E-state index contributed by atoms with van der Waals surface area (Å²) in [6.45, 7) is 1.77. The smallest absolute Gasteiger partial charge is 0.275 e. The van der Waals surface area contributed by atoms with Crippen LogP contribution in [-0.2, 0) is 0 Å². The van der Waals surface area contributed by atoms with Gasteiger partial charge in [0.25, 0.3) is 5.89 Å². The van der Waals surface area contributed by atoms with Gasteiger partial charge >= 0.3 is 0 Å². The lowest BCUT2D eigenvalue weighted by Gasteiger charge is -2.04. The number of aromatic amines is 1. The summed E-state index contributed by atoms with van der Waals surface area (Å²) in [6, 6.07) is 9.53. The first kappa shape index (κ1) is 11.5. The lowest BCUT2D eigenvalue weighted by molar-refractivity contribution is 0.416. The van der Waals surface area contributed by atoms with Gasteiger partial charge in [0.2, 0.25) is 0 Å². The molecule has 3 rings (SSSR count). The van der Waals surface area contributed by atoms with Crippen molar-refractivity contribution in [3.05, 3.63) is 36.2 Å². The van der Waals surface area contributed by atoms with Gasteiger partial charge in [-0.3, -0.25) is 5.10 Å². The normalized spacial score (nSPS) is 10.6. The molecule has 0 amide bonds. The second-order valence-corrected chi connectivity index (χ2v) is 4.01. The van der Waals surface area contributed by atoms with Crippen LogP contribution in [0, 0.1) is 6.92 Å². The number of rotatable bonds is 3. The van der Waals surface area contributed by atoms with E-state index in [9.17, 15) is 0 Å². The maximum Gasteiger partial charge on any atom is 0.275 e. The molecule has 0 aliphatic rings. The van der Waals surface area contributed by atoms with Crippen molar-refractivity contribution in [2.45, 2.75) is 6.92 Å². The van der Waals surface area contributed by atoms with E-state index in [-0.39, 0.29) is 0 Å². The molecule has 6 nitrogen and oxygen atoms in total. The SMILES string of the molecule is COc1ccccc1-c1cc(-c2nc(C)no2)[nH]n1. The molecule has 6 heteroatoms. The molecular formula is C13H12N4O2. The molecule has 0 atom stereocenters. The summed E-state index contributed by atoms with van der Waals surface area (Å²) in [4.78, 5) is 4.15. The maximum absolute atomic E-state index is 5.31. The van der Waals surface area contributed by atoms with Crippen LogP contribution < -0.4 is 4.74 Å². The van der Waals surface area contributed by atoms with E-state index in [4.69, 9.17) is 9.26 Å². The van der Waals surface area contributed by atoms with Crippen molar-refractivity contribution in [1.29, 1.82) is 0 Å². The summed E-state index contributed by atoms with van der Waals surface area (Å²) in [6.07, 6.45) is 0. The van der Waals surface area contributed by atoms with Crippen LogP contribution in [0.15, 0.2) is 34.9 Å². The Bertz CT molecular complexity index is 702. The Morgan fingerprint density at radius 3 is 2.84 bits per heavy atom. The monoisotopic (exact) mass is 256 g/mol. The molecular weight excluding hydrogens is 244 g/mol. The van der Waals surface area contributed by atoms with Crippen LogP contribution in [0.25, 0.3) is 22.8 Å². The molecule has 0 radical (unpaired) electrons. The number of nitrogens with zero attached hydrogens (tertiary/aromatic N) is 3. The summed E-state index contributed by atoms with van der Waals surface area (Å²) < 4.78 is 10.4. The fourth-order valence-corrected chi connectivity index (χ4v) is 1.83. The number of aryl methyl sites for hydroxylation is 1. The zero-order chi connectivity index (χ0) is 13.2. The molecule has 2 heterocycles. The average molecular weight is 256 g/mol. The van der Waals surface area contributed by atoms with Gasteiger partial charge in [-0.15, -0.1) is 0 Å². The second-order valence-electron chi connectivity index (χ2n) is 4.01. The first-order valence-electron chi connectivity index (χ1n) is 5.77. The lowest BCUT2D eigenvalue weighted by Crippen LogP contribution is -1.87. The van der Waals surface area contributed by atoms with Gasteiger partial charge in [0.1, 0.15) is 11.4 Å². The molecule has 0 fully saturated rings. The molecule has 0 spiro atoms. The van der Waals surface area contributed by atoms with E-state index in [1.165, 1.54) is 0 Å². The molecule has 0 aliphatic heterocycles. The van der Waals surface area contributed by atoms with Crippen LogP contribution in [-0.4, -0.2) is 27.4 Å². The number of aromatic nitrogens is 4. The highest BCUT2D eigenvalue weighted by Crippen LogP contribution is 2.30. The third-order valence-electron chi connectivity index (χ3n) is 2.72. The van der Waals surface area contributed by atoms with Gasteiger partial charge in [0, 0.05) is 5.56 Å². The molecule has 0 unspecified atom stereocenters. The van der Waals surface area contributed by atoms with Crippen LogP contribution in [0.1, 0.15) is 5.82 Å². The van der Waals surface area contributed by atoms with E-state index in [1.54, 1.807) is 14.0 Å². The van der Waals surface area contributed by atoms with E-state index in [0.717, 1.165) is 17.0 Å². The highest BCUT2D eigenvalue weighted by molar-refractivity contribution is 5.70. The predicted molar refractivity (Wildman–Crippen MR) is 68.6 cm³/mol. The third-order valence-corrected chi connectivity index (χ3v) is 2.72. The Kier molecular flexibility index (Phi) is 2.75. The largest absolute Gasteiger partial charge is 0.496 e. The maximum atomic E-state index is 5.31. The second kappa shape index (κ2) is 4.56. The van der Waals surface area contributed by atoms with Crippen molar-refractivity contribution >= 4 is 0 Å². The first-order valence-corrected chi connectivity index (χ1v) is 5.77. The minimum absolute atomic E-state index is 0.422. The van der Waals surface area contributed by atoms with Crippen LogP contribution >= 0.6 is 0 Å². The highest BCUT2D eigenvalue weighted by atomic mass is 16.5. The molecule has 2 aromatic heterocycles. The van der Waals surface area contributed by atoms with E-state index in [1.807, 2.05) is 30.3 Å². The molecule has 1 aromatic carbocycles. The summed E-state index contributed by atoms with van der Waals surface area (Å²) in [7, 11) is 1.63. The minimum atomic E-state index is 0.422. The van der Waals surface area contributed by atoms with Crippen molar-refractivity contribution in [2.75, 3.05) is 7.11 Å². The standard InChI is InChI=1S/C13H12N4O2/c1-8-14-13(19-17-8)11-7-10(15-16-11)9-5-3-4-6-12(9)18-2/h3-7H,1-2H3,(H,15,16). The highest BCUT2D eigenvalue weighted by Gasteiger charge is 2.13. The van der Waals surface area contributed by atoms with Crippen LogP contribution in [0.3, 0.4) is 0 Å². The van der Waals surface area contributed by atoms with Crippen molar-refractivity contribution in [1.82, 2.24) is 20.3 Å². The molecule has 0 saturated carbocycles. The number of hydrogen-bond donors (Lipinski definition) is 1. The molecule has 96 valence electrons. The lowest BCUT2D eigenvalue weighted by atomic mass is 10.1. The van der Waals surface area contributed by atoms with Crippen LogP contribution in [0.2, 0.25) is 0 Å². The third kappa shape index (κ3) is 2.08. The molecule has 0 aliphatic carbocycles. The molecule has 19 heavy (non-hydrogen) atoms. The van der Waals surface area contributed by atoms with Gasteiger partial charge in [0.05, 0.1) is 12.8 Å². The van der Waals surface area contributed by atoms with Crippen molar-refractivity contribution < 1.29 is 9.26 Å². The summed E-state index contributed by atoms with van der Waals surface area (Å²) in [5, 5.41) is 10.9. The van der Waals surface area contributed by atoms with E-state index >= 15 is 0 Å². The van der Waals surface area contributed by atoms with E-state index in [0.29, 0.717) is 17.4 Å². The van der Waals surface area contributed by atoms with Gasteiger partial charge in [-0.25, -0.2) is 0 Å². The van der Waals surface area contributed by atoms with Gasteiger partial charge in [-0.2, -0.15) is 10.1 Å². The van der Waals surface area contributed by atoms with Gasteiger partial charge < -0.3 is 9.26 Å². The number of H-pyrrole nitrogens is 1. The van der Waals surface area contributed by atoms with Crippen molar-refractivity contribution in [3.63, 3.8) is 0 Å². The fourth-order valence-electron chi connectivity index (χ4n) is 1.83. The van der Waals surface area contributed by atoms with Crippen molar-refractivity contribution in [2.24, 2.45) is 0 Å². The quantitative estimate of drug-likeness (QED) is 0.778. The topological polar surface area (TPSA) is 76.8 Å². The Hall–Kier alpha value is -2.63. The number of hydrogen-bond acceptors (Lipinski definition) is 5. The zero-order valence-electron chi connectivity index (χ0n) is 10.5. The zero-order valence-corrected chi connectivity index (χ0v) is 10.5. The molecule has 0 bridgehead atoms. The number of methoxy groups -OCH3 is 1. The predicted octanol–water partition coefficient (Wildman–Crippen LogP) is 2.44. The van der Waals surface area contributed by atoms with Crippen molar-refractivity contribution in [3.8, 4) is 28.6 Å². The van der Waals surface area contributed by atoms with Gasteiger partial charge in [0.15, 0.2) is 5.82 Å². The summed E-state index contributed by atoms with van der Waals surface area (Å²) in [5.74, 6) is 1.77. The Labute approximate surface area is 109 Å². The van der Waals surface area contributed by atoms with Gasteiger partial charge in [-0.05, 0) is 25.1 Å². The molecule has 3 aromatic rings. The number of para-hydroxylation sites is 1. The number of benzene rings is 1. The summed E-state index contributed by atoms with van der Waals surface area (Å²) in [5.41, 5.74) is 2.36. The Balaban J connectivity index is 2.01. The molecule has 1 N–H and O–H groups in total. The first-order chi connectivity index (χ1) is 9.28. The Morgan fingerprint density at radius 1 is 1.26 bits per heavy atom. The number of nitrogens with one attached hydrogen (secondary N) is 1. The summed E-state index contributed by atoms with van der Waals surface area (Å²) >= 11 is 0. The van der Waals surface area contributed by atoms with E-state index < -0.39 is 0 Å². The average Bonchev–Trinajstić information content (AvgIpc) is 3.07. The fraction of sp³-hybridized carbons (Fsp3) is 0.154. The van der Waals surface area contributed by atoms with Crippen LogP contribution in [0.4, 0.5) is 0 Å². The van der Waals surface area contributed by atoms with Gasteiger partial charge in [-0.1, -0.05) is 17.3 Å². The van der Waals surface area contributed by atoms with E-state index in [2.05, 4.69) is 20.3 Å².